The first kappa shape index (κ1) is 14.7. The third kappa shape index (κ3) is 3.55. The van der Waals surface area contributed by atoms with E-state index in [9.17, 15) is 4.79 Å². The molecule has 102 valence electrons. The summed E-state index contributed by atoms with van der Waals surface area (Å²) in [5.74, 6) is 1.04. The highest BCUT2D eigenvalue weighted by Crippen LogP contribution is 2.21. The van der Waals surface area contributed by atoms with Crippen molar-refractivity contribution in [2.24, 2.45) is 7.05 Å². The highest BCUT2D eigenvalue weighted by atomic mass is 16.5. The predicted molar refractivity (Wildman–Crippen MR) is 69.3 cm³/mol. The summed E-state index contributed by atoms with van der Waals surface area (Å²) in [6.45, 7) is 6.36. The van der Waals surface area contributed by atoms with Crippen LogP contribution >= 0.6 is 0 Å². The molecule has 1 aromatic heterocycles. The fraction of sp³-hybridized carbons (Fsp3) is 0.769. The van der Waals surface area contributed by atoms with Gasteiger partial charge in [0.25, 0.3) is 0 Å². The van der Waals surface area contributed by atoms with Gasteiger partial charge in [-0.3, -0.25) is 9.48 Å². The molecule has 0 amide bonds. The standard InChI is InChI=1S/C13H23N3O2/c1-5-8-10(13(17)18-7-3)12-14-11(9-6-2)15-16(12)4/h10H,5-9H2,1-4H3. The number of aromatic nitrogens is 3. The fourth-order valence-corrected chi connectivity index (χ4v) is 1.97. The number of aryl methyl sites for hydroxylation is 2. The molecule has 0 radical (unpaired) electrons. The van der Waals surface area contributed by atoms with Crippen LogP contribution in [0.15, 0.2) is 0 Å². The molecule has 0 spiro atoms. The first-order valence-corrected chi connectivity index (χ1v) is 6.70. The Hall–Kier alpha value is -1.39. The molecule has 1 rings (SSSR count). The van der Waals surface area contributed by atoms with Crippen molar-refractivity contribution >= 4 is 5.97 Å². The van der Waals surface area contributed by atoms with Gasteiger partial charge >= 0.3 is 5.97 Å². The Labute approximate surface area is 109 Å². The average molecular weight is 253 g/mol. The van der Waals surface area contributed by atoms with Crippen molar-refractivity contribution in [3.8, 4) is 0 Å². The van der Waals surface area contributed by atoms with E-state index in [0.717, 1.165) is 37.3 Å². The molecule has 0 fully saturated rings. The zero-order valence-electron chi connectivity index (χ0n) is 11.8. The van der Waals surface area contributed by atoms with E-state index in [-0.39, 0.29) is 11.9 Å². The predicted octanol–water partition coefficient (Wildman–Crippen LogP) is 2.21. The molecule has 0 aromatic carbocycles. The number of nitrogens with zero attached hydrogens (tertiary/aromatic N) is 3. The van der Waals surface area contributed by atoms with Gasteiger partial charge in [0.05, 0.1) is 6.61 Å². The quantitative estimate of drug-likeness (QED) is 0.699. The van der Waals surface area contributed by atoms with E-state index in [4.69, 9.17) is 4.74 Å². The number of carbonyl (C=O) groups is 1. The summed E-state index contributed by atoms with van der Waals surface area (Å²) in [7, 11) is 1.84. The minimum Gasteiger partial charge on any atom is -0.465 e. The van der Waals surface area contributed by atoms with Gasteiger partial charge in [-0.25, -0.2) is 4.98 Å². The molecule has 0 N–H and O–H groups in total. The number of esters is 1. The molecule has 18 heavy (non-hydrogen) atoms. The van der Waals surface area contributed by atoms with E-state index in [2.05, 4.69) is 23.9 Å². The second-order valence-electron chi connectivity index (χ2n) is 4.35. The van der Waals surface area contributed by atoms with Gasteiger partial charge in [-0.1, -0.05) is 20.3 Å². The summed E-state index contributed by atoms with van der Waals surface area (Å²) in [6, 6.07) is 0. The van der Waals surface area contributed by atoms with E-state index in [1.807, 2.05) is 14.0 Å². The maximum absolute atomic E-state index is 11.9. The molecular weight excluding hydrogens is 230 g/mol. The Balaban J connectivity index is 2.93. The van der Waals surface area contributed by atoms with Crippen LogP contribution in [0.3, 0.4) is 0 Å². The fourth-order valence-electron chi connectivity index (χ4n) is 1.97. The molecular formula is C13H23N3O2. The number of rotatable bonds is 7. The van der Waals surface area contributed by atoms with Gasteiger partial charge in [0.15, 0.2) is 5.82 Å². The smallest absolute Gasteiger partial charge is 0.316 e. The van der Waals surface area contributed by atoms with Gasteiger partial charge in [-0.05, 0) is 19.8 Å². The van der Waals surface area contributed by atoms with Crippen molar-refractivity contribution in [3.05, 3.63) is 11.6 Å². The van der Waals surface area contributed by atoms with Crippen molar-refractivity contribution in [1.82, 2.24) is 14.8 Å². The molecule has 5 heteroatoms. The SMILES string of the molecule is CCCc1nc(C(CCC)C(=O)OCC)n(C)n1. The topological polar surface area (TPSA) is 57.0 Å². The number of ether oxygens (including phenoxy) is 1. The Morgan fingerprint density at radius 2 is 2.06 bits per heavy atom. The monoisotopic (exact) mass is 253 g/mol. The van der Waals surface area contributed by atoms with Crippen LogP contribution in [-0.4, -0.2) is 27.3 Å². The van der Waals surface area contributed by atoms with E-state index < -0.39 is 0 Å². The number of carbonyl (C=O) groups excluding carboxylic acids is 1. The Morgan fingerprint density at radius 3 is 2.61 bits per heavy atom. The van der Waals surface area contributed by atoms with Crippen LogP contribution in [0.5, 0.6) is 0 Å². The normalized spacial score (nSPS) is 12.4. The van der Waals surface area contributed by atoms with Crippen LogP contribution in [0.1, 0.15) is 57.6 Å². The molecule has 0 saturated heterocycles. The summed E-state index contributed by atoms with van der Waals surface area (Å²) in [4.78, 5) is 16.4. The first-order valence-electron chi connectivity index (χ1n) is 6.70. The van der Waals surface area contributed by atoms with Gasteiger partial charge in [0, 0.05) is 13.5 Å². The van der Waals surface area contributed by atoms with Crippen molar-refractivity contribution in [3.63, 3.8) is 0 Å². The second kappa shape index (κ2) is 7.13. The number of hydrogen-bond donors (Lipinski definition) is 0. The van der Waals surface area contributed by atoms with E-state index >= 15 is 0 Å². The summed E-state index contributed by atoms with van der Waals surface area (Å²) in [5.41, 5.74) is 0. The third-order valence-corrected chi connectivity index (χ3v) is 2.77. The molecule has 0 saturated carbocycles. The van der Waals surface area contributed by atoms with Crippen molar-refractivity contribution < 1.29 is 9.53 Å². The molecule has 0 aliphatic heterocycles. The largest absolute Gasteiger partial charge is 0.465 e. The summed E-state index contributed by atoms with van der Waals surface area (Å²) < 4.78 is 6.83. The van der Waals surface area contributed by atoms with Crippen molar-refractivity contribution in [1.29, 1.82) is 0 Å². The Kier molecular flexibility index (Phi) is 5.82. The van der Waals surface area contributed by atoms with Gasteiger partial charge in [0.2, 0.25) is 0 Å². The van der Waals surface area contributed by atoms with Gasteiger partial charge in [-0.15, -0.1) is 0 Å². The lowest BCUT2D eigenvalue weighted by Gasteiger charge is -2.13. The Morgan fingerprint density at radius 1 is 1.33 bits per heavy atom. The minimum atomic E-state index is -0.293. The second-order valence-corrected chi connectivity index (χ2v) is 4.35. The molecule has 1 heterocycles. The Bertz CT molecular complexity index is 388. The van der Waals surface area contributed by atoms with Gasteiger partial charge < -0.3 is 4.74 Å². The zero-order valence-corrected chi connectivity index (χ0v) is 11.8. The highest BCUT2D eigenvalue weighted by molar-refractivity contribution is 5.77. The van der Waals surface area contributed by atoms with Crippen molar-refractivity contribution in [2.75, 3.05) is 6.61 Å². The maximum Gasteiger partial charge on any atom is 0.316 e. The van der Waals surface area contributed by atoms with Crippen LogP contribution in [0, 0.1) is 0 Å². The van der Waals surface area contributed by atoms with Gasteiger partial charge in [0.1, 0.15) is 11.7 Å². The molecule has 0 bridgehead atoms. The molecule has 1 atom stereocenters. The molecule has 1 aromatic rings. The lowest BCUT2D eigenvalue weighted by atomic mass is 10.0. The van der Waals surface area contributed by atoms with Crippen molar-refractivity contribution in [2.45, 2.75) is 52.4 Å². The first-order chi connectivity index (χ1) is 8.63. The van der Waals surface area contributed by atoms with Gasteiger partial charge in [-0.2, -0.15) is 5.10 Å². The summed E-state index contributed by atoms with van der Waals surface area (Å²) in [6.07, 6.45) is 3.51. The van der Waals surface area contributed by atoms with E-state index in [1.54, 1.807) is 4.68 Å². The highest BCUT2D eigenvalue weighted by Gasteiger charge is 2.26. The summed E-state index contributed by atoms with van der Waals surface area (Å²) in [5, 5.41) is 4.34. The molecule has 0 aliphatic rings. The van der Waals surface area contributed by atoms with E-state index in [0.29, 0.717) is 6.61 Å². The van der Waals surface area contributed by atoms with Crippen LogP contribution in [0.25, 0.3) is 0 Å². The van der Waals surface area contributed by atoms with Crippen LogP contribution in [-0.2, 0) is 23.0 Å². The molecule has 0 aliphatic carbocycles. The van der Waals surface area contributed by atoms with E-state index in [1.165, 1.54) is 0 Å². The zero-order chi connectivity index (χ0) is 13.5. The molecule has 5 nitrogen and oxygen atoms in total. The minimum absolute atomic E-state index is 0.196. The summed E-state index contributed by atoms with van der Waals surface area (Å²) >= 11 is 0. The average Bonchev–Trinajstić information content (AvgIpc) is 2.68. The van der Waals surface area contributed by atoms with Crippen LogP contribution < -0.4 is 0 Å². The third-order valence-electron chi connectivity index (χ3n) is 2.77. The maximum atomic E-state index is 11.9. The lowest BCUT2D eigenvalue weighted by molar-refractivity contribution is -0.145. The van der Waals surface area contributed by atoms with Crippen LogP contribution in [0.4, 0.5) is 0 Å². The lowest BCUT2D eigenvalue weighted by Crippen LogP contribution is -2.19. The van der Waals surface area contributed by atoms with Crippen LogP contribution in [0.2, 0.25) is 0 Å². The molecule has 1 unspecified atom stereocenters. The number of hydrogen-bond acceptors (Lipinski definition) is 4.